The van der Waals surface area contributed by atoms with E-state index < -0.39 is 8.32 Å². The minimum atomic E-state index is -1.72. The van der Waals surface area contributed by atoms with Gasteiger partial charge in [0.05, 0.1) is 26.4 Å². The second kappa shape index (κ2) is 11.8. The van der Waals surface area contributed by atoms with Crippen molar-refractivity contribution in [3.63, 3.8) is 0 Å². The standard InChI is InChI=1S/C21H38O4Si/c1-7-26(8-2,9-3)25-21(17(4)14-22)18(5)15-24-16-19-10-12-20(23-6)13-11-19/h10-13,17-18,21-22H,7-9,14-16H2,1-6H3/t17-,18+,21+/m1/s1. The number of ether oxygens (including phenoxy) is 2. The molecule has 0 aliphatic rings. The van der Waals surface area contributed by atoms with Gasteiger partial charge in [0.15, 0.2) is 8.32 Å². The van der Waals surface area contributed by atoms with Crippen LogP contribution < -0.4 is 4.74 Å². The Hall–Kier alpha value is -0.883. The monoisotopic (exact) mass is 382 g/mol. The van der Waals surface area contributed by atoms with Gasteiger partial charge in [-0.3, -0.25) is 0 Å². The molecule has 3 atom stereocenters. The van der Waals surface area contributed by atoms with Crippen molar-refractivity contribution in [2.45, 2.75) is 65.5 Å². The lowest BCUT2D eigenvalue weighted by molar-refractivity contribution is -0.00109. The summed E-state index contributed by atoms with van der Waals surface area (Å²) < 4.78 is 17.9. The third-order valence-corrected chi connectivity index (χ3v) is 10.2. The molecule has 0 bridgehead atoms. The third kappa shape index (κ3) is 6.69. The molecule has 0 spiro atoms. The van der Waals surface area contributed by atoms with E-state index >= 15 is 0 Å². The van der Waals surface area contributed by atoms with Crippen molar-refractivity contribution in [3.05, 3.63) is 29.8 Å². The van der Waals surface area contributed by atoms with E-state index in [4.69, 9.17) is 13.9 Å². The van der Waals surface area contributed by atoms with E-state index in [-0.39, 0.29) is 24.5 Å². The first-order valence-electron chi connectivity index (χ1n) is 9.94. The number of methoxy groups -OCH3 is 1. The predicted octanol–water partition coefficient (Wildman–Crippen LogP) is 4.87. The molecule has 0 aliphatic heterocycles. The largest absolute Gasteiger partial charge is 0.497 e. The first-order chi connectivity index (χ1) is 12.4. The number of hydrogen-bond acceptors (Lipinski definition) is 4. The van der Waals surface area contributed by atoms with Gasteiger partial charge in [-0.15, -0.1) is 0 Å². The molecular weight excluding hydrogens is 344 g/mol. The highest BCUT2D eigenvalue weighted by molar-refractivity contribution is 6.73. The highest BCUT2D eigenvalue weighted by Gasteiger charge is 2.36. The van der Waals surface area contributed by atoms with Crippen LogP contribution in [0.2, 0.25) is 18.1 Å². The summed E-state index contributed by atoms with van der Waals surface area (Å²) in [6, 6.07) is 11.3. The van der Waals surface area contributed by atoms with Gasteiger partial charge in [-0.25, -0.2) is 0 Å². The van der Waals surface area contributed by atoms with E-state index in [2.05, 4.69) is 34.6 Å². The molecule has 0 unspecified atom stereocenters. The van der Waals surface area contributed by atoms with Crippen molar-refractivity contribution in [2.75, 3.05) is 20.3 Å². The Morgan fingerprint density at radius 1 is 0.962 bits per heavy atom. The number of aliphatic hydroxyl groups is 1. The Morgan fingerprint density at radius 2 is 1.54 bits per heavy atom. The zero-order chi connectivity index (χ0) is 19.6. The molecule has 0 fully saturated rings. The molecule has 1 aromatic rings. The Kier molecular flexibility index (Phi) is 10.5. The lowest BCUT2D eigenvalue weighted by atomic mass is 9.95. The molecule has 4 nitrogen and oxygen atoms in total. The van der Waals surface area contributed by atoms with Crippen molar-refractivity contribution < 1.29 is 19.0 Å². The maximum absolute atomic E-state index is 9.70. The summed E-state index contributed by atoms with van der Waals surface area (Å²) in [5.41, 5.74) is 1.13. The summed E-state index contributed by atoms with van der Waals surface area (Å²) in [5, 5.41) is 9.70. The highest BCUT2D eigenvalue weighted by Crippen LogP contribution is 2.29. The second-order valence-electron chi connectivity index (χ2n) is 7.33. The van der Waals surface area contributed by atoms with Gasteiger partial charge in [0.2, 0.25) is 0 Å². The van der Waals surface area contributed by atoms with Gasteiger partial charge in [0.1, 0.15) is 5.75 Å². The van der Waals surface area contributed by atoms with Gasteiger partial charge in [-0.05, 0) is 35.8 Å². The van der Waals surface area contributed by atoms with Gasteiger partial charge in [-0.2, -0.15) is 0 Å². The molecule has 1 N–H and O–H groups in total. The fourth-order valence-corrected chi connectivity index (χ4v) is 6.41. The highest BCUT2D eigenvalue weighted by atomic mass is 28.4. The summed E-state index contributed by atoms with van der Waals surface area (Å²) in [6.45, 7) is 12.3. The van der Waals surface area contributed by atoms with Gasteiger partial charge in [0.25, 0.3) is 0 Å². The normalized spacial score (nSPS) is 15.5. The lowest BCUT2D eigenvalue weighted by Crippen LogP contribution is -2.46. The molecule has 0 saturated heterocycles. The van der Waals surface area contributed by atoms with Crippen LogP contribution in [-0.4, -0.2) is 39.9 Å². The van der Waals surface area contributed by atoms with E-state index in [1.54, 1.807) is 7.11 Å². The zero-order valence-electron chi connectivity index (χ0n) is 17.5. The number of benzene rings is 1. The van der Waals surface area contributed by atoms with Gasteiger partial charge in [0, 0.05) is 18.4 Å². The summed E-state index contributed by atoms with van der Waals surface area (Å²) in [5.74, 6) is 1.21. The fourth-order valence-electron chi connectivity index (χ4n) is 3.36. The zero-order valence-corrected chi connectivity index (χ0v) is 18.5. The van der Waals surface area contributed by atoms with Crippen molar-refractivity contribution >= 4 is 8.32 Å². The van der Waals surface area contributed by atoms with Crippen LogP contribution in [0.15, 0.2) is 24.3 Å². The molecule has 0 heterocycles. The van der Waals surface area contributed by atoms with E-state index in [0.29, 0.717) is 13.2 Å². The van der Waals surface area contributed by atoms with Crippen LogP contribution in [0.25, 0.3) is 0 Å². The van der Waals surface area contributed by atoms with Gasteiger partial charge < -0.3 is 19.0 Å². The third-order valence-electron chi connectivity index (χ3n) is 5.54. The Bertz CT molecular complexity index is 479. The van der Waals surface area contributed by atoms with Crippen LogP contribution in [0, 0.1) is 11.8 Å². The van der Waals surface area contributed by atoms with Gasteiger partial charge in [-0.1, -0.05) is 46.8 Å². The summed E-state index contributed by atoms with van der Waals surface area (Å²) >= 11 is 0. The number of aliphatic hydroxyl groups excluding tert-OH is 1. The SMILES string of the molecule is CC[Si](CC)(CC)O[C@@H]([C@H](C)CO)[C@@H](C)COCc1ccc(OC)cc1. The molecule has 0 aliphatic carbocycles. The maximum Gasteiger partial charge on any atom is 0.192 e. The van der Waals surface area contributed by atoms with Gasteiger partial charge >= 0.3 is 0 Å². The Labute approximate surface area is 161 Å². The molecule has 5 heteroatoms. The molecule has 0 amide bonds. The Morgan fingerprint density at radius 3 is 2.00 bits per heavy atom. The molecule has 0 aromatic heterocycles. The van der Waals surface area contributed by atoms with Crippen LogP contribution in [0.4, 0.5) is 0 Å². The molecule has 1 rings (SSSR count). The molecule has 0 radical (unpaired) electrons. The van der Waals surface area contributed by atoms with Crippen molar-refractivity contribution in [1.82, 2.24) is 0 Å². The first kappa shape index (κ1) is 23.2. The van der Waals surface area contributed by atoms with Crippen LogP contribution >= 0.6 is 0 Å². The number of hydrogen-bond donors (Lipinski definition) is 1. The fraction of sp³-hybridized carbons (Fsp3) is 0.714. The molecule has 0 saturated carbocycles. The van der Waals surface area contributed by atoms with E-state index in [0.717, 1.165) is 29.4 Å². The van der Waals surface area contributed by atoms with Crippen LogP contribution in [0.5, 0.6) is 5.75 Å². The average Bonchev–Trinajstić information content (AvgIpc) is 2.69. The summed E-state index contributed by atoms with van der Waals surface area (Å²) in [7, 11) is -0.0480. The van der Waals surface area contributed by atoms with E-state index in [1.807, 2.05) is 24.3 Å². The lowest BCUT2D eigenvalue weighted by Gasteiger charge is -2.38. The van der Waals surface area contributed by atoms with Crippen LogP contribution in [0.1, 0.15) is 40.2 Å². The summed E-state index contributed by atoms with van der Waals surface area (Å²) in [4.78, 5) is 0. The van der Waals surface area contributed by atoms with Crippen molar-refractivity contribution in [1.29, 1.82) is 0 Å². The minimum Gasteiger partial charge on any atom is -0.497 e. The predicted molar refractivity (Wildman–Crippen MR) is 110 cm³/mol. The van der Waals surface area contributed by atoms with E-state index in [9.17, 15) is 5.11 Å². The second-order valence-corrected chi connectivity index (χ2v) is 12.0. The van der Waals surface area contributed by atoms with Crippen LogP contribution in [0.3, 0.4) is 0 Å². The van der Waals surface area contributed by atoms with E-state index in [1.165, 1.54) is 0 Å². The Balaban J connectivity index is 2.65. The maximum atomic E-state index is 9.70. The molecule has 1 aromatic carbocycles. The minimum absolute atomic E-state index is 0.0439. The van der Waals surface area contributed by atoms with Crippen molar-refractivity contribution in [3.8, 4) is 5.75 Å². The van der Waals surface area contributed by atoms with Crippen LogP contribution in [-0.2, 0) is 15.8 Å². The number of rotatable bonds is 13. The molecule has 26 heavy (non-hydrogen) atoms. The smallest absolute Gasteiger partial charge is 0.192 e. The topological polar surface area (TPSA) is 47.9 Å². The average molecular weight is 383 g/mol. The molecular formula is C21H38O4Si. The van der Waals surface area contributed by atoms with Crippen molar-refractivity contribution in [2.24, 2.45) is 11.8 Å². The molecule has 150 valence electrons. The summed E-state index contributed by atoms with van der Waals surface area (Å²) in [6.07, 6.45) is 0.0439. The first-order valence-corrected chi connectivity index (χ1v) is 12.5. The quantitative estimate of drug-likeness (QED) is 0.495.